The molecule has 0 radical (unpaired) electrons. The Hall–Kier alpha value is -0.0800. The number of ether oxygens (including phenoxy) is 1. The van der Waals surface area contributed by atoms with Crippen LogP contribution in [0.2, 0.25) is 0 Å². The largest absolute Gasteiger partial charge is 0.375 e. The molecule has 0 aromatic carbocycles. The van der Waals surface area contributed by atoms with Crippen molar-refractivity contribution < 1.29 is 4.74 Å². The van der Waals surface area contributed by atoms with Crippen LogP contribution < -0.4 is 5.32 Å². The smallest absolute Gasteiger partial charge is 0.0594 e. The molecule has 0 aromatic rings. The number of rotatable bonds is 10. The van der Waals surface area contributed by atoms with Crippen LogP contribution in [-0.4, -0.2) is 24.8 Å². The molecular weight excluding hydrogens is 222 g/mol. The van der Waals surface area contributed by atoms with E-state index in [0.717, 1.165) is 6.54 Å². The highest BCUT2D eigenvalue weighted by atomic mass is 16.5. The molecule has 0 amide bonds. The molecule has 1 aliphatic carbocycles. The molecule has 0 bridgehead atoms. The van der Waals surface area contributed by atoms with Gasteiger partial charge in [0.05, 0.1) is 12.2 Å². The zero-order valence-electron chi connectivity index (χ0n) is 12.7. The van der Waals surface area contributed by atoms with Gasteiger partial charge in [-0.25, -0.2) is 0 Å². The number of hydrogen-bond acceptors (Lipinski definition) is 2. The van der Waals surface area contributed by atoms with Gasteiger partial charge in [0.15, 0.2) is 0 Å². The van der Waals surface area contributed by atoms with Crippen molar-refractivity contribution in [1.82, 2.24) is 5.32 Å². The van der Waals surface area contributed by atoms with Crippen LogP contribution in [0.25, 0.3) is 0 Å². The van der Waals surface area contributed by atoms with E-state index in [9.17, 15) is 0 Å². The van der Waals surface area contributed by atoms with Gasteiger partial charge >= 0.3 is 0 Å². The summed E-state index contributed by atoms with van der Waals surface area (Å²) < 4.78 is 6.16. The minimum Gasteiger partial charge on any atom is -0.375 e. The number of unbranched alkanes of at least 4 members (excludes halogenated alkanes) is 3. The molecule has 108 valence electrons. The van der Waals surface area contributed by atoms with Gasteiger partial charge in [0, 0.05) is 6.04 Å². The number of hydrogen-bond donors (Lipinski definition) is 1. The second-order valence-corrected chi connectivity index (χ2v) is 5.88. The van der Waals surface area contributed by atoms with Crippen molar-refractivity contribution in [3.05, 3.63) is 0 Å². The fourth-order valence-electron chi connectivity index (χ4n) is 2.85. The lowest BCUT2D eigenvalue weighted by Gasteiger charge is -2.19. The van der Waals surface area contributed by atoms with Crippen molar-refractivity contribution in [2.75, 3.05) is 6.54 Å². The van der Waals surface area contributed by atoms with Crippen LogP contribution in [0.5, 0.6) is 0 Å². The fraction of sp³-hybridized carbons (Fsp3) is 1.00. The molecule has 2 nitrogen and oxygen atoms in total. The summed E-state index contributed by atoms with van der Waals surface area (Å²) in [6.07, 6.45) is 12.6. The van der Waals surface area contributed by atoms with Gasteiger partial charge in [-0.15, -0.1) is 0 Å². The summed E-state index contributed by atoms with van der Waals surface area (Å²) in [6, 6.07) is 0.710. The summed E-state index contributed by atoms with van der Waals surface area (Å²) in [7, 11) is 0. The first-order chi connectivity index (χ1) is 8.76. The molecule has 0 aliphatic heterocycles. The maximum atomic E-state index is 6.16. The van der Waals surface area contributed by atoms with Crippen molar-refractivity contribution in [2.24, 2.45) is 0 Å². The highest BCUT2D eigenvalue weighted by Crippen LogP contribution is 2.24. The Morgan fingerprint density at radius 1 is 1.11 bits per heavy atom. The Balaban J connectivity index is 2.04. The SMILES string of the molecule is CCCCCCC(C)OC1CCC(NCCC)C1. The van der Waals surface area contributed by atoms with E-state index in [1.807, 2.05) is 0 Å². The maximum Gasteiger partial charge on any atom is 0.0594 e. The van der Waals surface area contributed by atoms with Crippen LogP contribution in [0.1, 0.15) is 78.6 Å². The molecular formula is C16H33NO. The van der Waals surface area contributed by atoms with Gasteiger partial charge in [-0.05, 0) is 45.6 Å². The Labute approximate surface area is 114 Å². The van der Waals surface area contributed by atoms with E-state index < -0.39 is 0 Å². The van der Waals surface area contributed by atoms with E-state index in [1.54, 1.807) is 0 Å². The quantitative estimate of drug-likeness (QED) is 0.588. The Morgan fingerprint density at radius 3 is 2.67 bits per heavy atom. The van der Waals surface area contributed by atoms with Crippen molar-refractivity contribution in [2.45, 2.75) is 96.8 Å². The highest BCUT2D eigenvalue weighted by Gasteiger charge is 2.25. The Morgan fingerprint density at radius 2 is 1.94 bits per heavy atom. The second-order valence-electron chi connectivity index (χ2n) is 5.88. The van der Waals surface area contributed by atoms with Crippen molar-refractivity contribution in [1.29, 1.82) is 0 Å². The molecule has 0 heterocycles. The summed E-state index contributed by atoms with van der Waals surface area (Å²) in [6.45, 7) is 7.90. The maximum absolute atomic E-state index is 6.16. The van der Waals surface area contributed by atoms with E-state index in [4.69, 9.17) is 4.74 Å². The van der Waals surface area contributed by atoms with E-state index in [0.29, 0.717) is 18.2 Å². The third kappa shape index (κ3) is 6.75. The average molecular weight is 255 g/mol. The Kier molecular flexibility index (Phi) is 8.70. The van der Waals surface area contributed by atoms with Crippen LogP contribution in [0.4, 0.5) is 0 Å². The first kappa shape index (κ1) is 16.0. The first-order valence-electron chi connectivity index (χ1n) is 8.15. The lowest BCUT2D eigenvalue weighted by molar-refractivity contribution is -0.00403. The van der Waals surface area contributed by atoms with Crippen LogP contribution in [0.15, 0.2) is 0 Å². The van der Waals surface area contributed by atoms with E-state index >= 15 is 0 Å². The summed E-state index contributed by atoms with van der Waals surface area (Å²) >= 11 is 0. The third-order valence-corrected chi connectivity index (χ3v) is 3.96. The molecule has 0 aromatic heterocycles. The molecule has 1 rings (SSSR count). The first-order valence-corrected chi connectivity index (χ1v) is 8.15. The lowest BCUT2D eigenvalue weighted by Crippen LogP contribution is -2.28. The molecule has 2 heteroatoms. The van der Waals surface area contributed by atoms with Gasteiger partial charge in [0.25, 0.3) is 0 Å². The normalized spacial score (nSPS) is 25.5. The van der Waals surface area contributed by atoms with E-state index in [2.05, 4.69) is 26.1 Å². The molecule has 3 atom stereocenters. The van der Waals surface area contributed by atoms with Gasteiger partial charge < -0.3 is 10.1 Å². The topological polar surface area (TPSA) is 21.3 Å². The van der Waals surface area contributed by atoms with E-state index in [-0.39, 0.29) is 0 Å². The zero-order chi connectivity index (χ0) is 13.2. The van der Waals surface area contributed by atoms with Crippen LogP contribution in [0, 0.1) is 0 Å². The van der Waals surface area contributed by atoms with Crippen LogP contribution >= 0.6 is 0 Å². The number of nitrogens with one attached hydrogen (secondary N) is 1. The lowest BCUT2D eigenvalue weighted by atomic mass is 10.1. The van der Waals surface area contributed by atoms with Crippen molar-refractivity contribution in [3.8, 4) is 0 Å². The molecule has 1 N–H and O–H groups in total. The predicted octanol–water partition coefficient (Wildman–Crippen LogP) is 4.28. The van der Waals surface area contributed by atoms with Crippen molar-refractivity contribution >= 4 is 0 Å². The molecule has 0 saturated heterocycles. The zero-order valence-corrected chi connectivity index (χ0v) is 12.7. The van der Waals surface area contributed by atoms with Gasteiger partial charge in [0.2, 0.25) is 0 Å². The second kappa shape index (κ2) is 9.80. The molecule has 1 fully saturated rings. The van der Waals surface area contributed by atoms with Gasteiger partial charge in [-0.2, -0.15) is 0 Å². The predicted molar refractivity (Wildman–Crippen MR) is 79.0 cm³/mol. The molecule has 3 unspecified atom stereocenters. The molecule has 1 aliphatic rings. The van der Waals surface area contributed by atoms with Gasteiger partial charge in [-0.3, -0.25) is 0 Å². The summed E-state index contributed by atoms with van der Waals surface area (Å²) in [5.74, 6) is 0. The Bertz CT molecular complexity index is 196. The fourth-order valence-corrected chi connectivity index (χ4v) is 2.85. The summed E-state index contributed by atoms with van der Waals surface area (Å²) in [5, 5.41) is 3.61. The van der Waals surface area contributed by atoms with Crippen LogP contribution in [-0.2, 0) is 4.74 Å². The molecule has 0 spiro atoms. The molecule has 18 heavy (non-hydrogen) atoms. The standard InChI is InChI=1S/C16H33NO/c1-4-6-7-8-9-14(3)18-16-11-10-15(13-16)17-12-5-2/h14-17H,4-13H2,1-3H3. The minimum absolute atomic E-state index is 0.455. The van der Waals surface area contributed by atoms with Crippen LogP contribution in [0.3, 0.4) is 0 Å². The monoisotopic (exact) mass is 255 g/mol. The molecule has 1 saturated carbocycles. The van der Waals surface area contributed by atoms with Gasteiger partial charge in [0.1, 0.15) is 0 Å². The average Bonchev–Trinajstić information content (AvgIpc) is 2.80. The van der Waals surface area contributed by atoms with E-state index in [1.165, 1.54) is 57.8 Å². The highest BCUT2D eigenvalue weighted by molar-refractivity contribution is 4.81. The summed E-state index contributed by atoms with van der Waals surface area (Å²) in [5.41, 5.74) is 0. The van der Waals surface area contributed by atoms with Crippen molar-refractivity contribution in [3.63, 3.8) is 0 Å². The third-order valence-electron chi connectivity index (χ3n) is 3.96. The minimum atomic E-state index is 0.455. The summed E-state index contributed by atoms with van der Waals surface area (Å²) in [4.78, 5) is 0. The van der Waals surface area contributed by atoms with Gasteiger partial charge in [-0.1, -0.05) is 39.5 Å².